The van der Waals surface area contributed by atoms with E-state index in [2.05, 4.69) is 0 Å². The van der Waals surface area contributed by atoms with E-state index in [9.17, 15) is 0 Å². The van der Waals surface area contributed by atoms with Crippen LogP contribution < -0.4 is 0 Å². The van der Waals surface area contributed by atoms with Gasteiger partial charge in [0.05, 0.1) is 9.13 Å². The van der Waals surface area contributed by atoms with Crippen LogP contribution in [0.5, 0.6) is 0 Å². The third-order valence-electron chi connectivity index (χ3n) is 0.365. The average Bonchev–Trinajstić information content (AvgIpc) is 1.35. The van der Waals surface area contributed by atoms with Crippen molar-refractivity contribution in [2.24, 2.45) is 0 Å². The zero-order chi connectivity index (χ0) is 4.99. The van der Waals surface area contributed by atoms with Gasteiger partial charge in [0.2, 0.25) is 0 Å². The van der Waals surface area contributed by atoms with Crippen molar-refractivity contribution in [3.05, 3.63) is 0 Å². The molecule has 6 heavy (non-hydrogen) atoms. The molecule has 0 aliphatic heterocycles. The number of hydrogen-bond donors (Lipinski definition) is 2. The summed E-state index contributed by atoms with van der Waals surface area (Å²) in [7, 11) is -0.250. The van der Waals surface area contributed by atoms with Crippen molar-refractivity contribution < 1.29 is 10.2 Å². The van der Waals surface area contributed by atoms with Crippen LogP contribution in [-0.2, 0) is 0 Å². The van der Waals surface area contributed by atoms with Crippen molar-refractivity contribution in [3.63, 3.8) is 0 Å². The normalized spacial score (nSPS) is 11.3. The third-order valence-corrected chi connectivity index (χ3v) is 1.09. The van der Waals surface area contributed by atoms with Crippen molar-refractivity contribution >= 4 is 14.8 Å². The minimum absolute atomic E-state index is 0.250. The molecular weight excluding hydrogens is 96.1 g/mol. The highest BCUT2D eigenvalue weighted by Crippen LogP contribution is 1.56. The highest BCUT2D eigenvalue weighted by Gasteiger charge is 1.80. The van der Waals surface area contributed by atoms with Gasteiger partial charge >= 0.3 is 0 Å². The van der Waals surface area contributed by atoms with Crippen molar-refractivity contribution in [1.82, 2.24) is 0 Å². The monoisotopic (exact) mass is 104 g/mol. The van der Waals surface area contributed by atoms with E-state index in [1.165, 1.54) is 0 Å². The Balaban J connectivity index is 3.03. The maximum Gasteiger partial charge on any atom is 0.147 e. The Morgan fingerprint density at radius 1 is 1.67 bits per heavy atom. The fourth-order valence-electron chi connectivity index (χ4n) is 0.172. The molecule has 0 aromatic carbocycles. The second-order valence-corrected chi connectivity index (χ2v) is 2.59. The van der Waals surface area contributed by atoms with Gasteiger partial charge < -0.3 is 10.2 Å². The topological polar surface area (TPSA) is 40.5 Å². The molecule has 0 fully saturated rings. The zero-order valence-corrected chi connectivity index (χ0v) is 4.78. The minimum atomic E-state index is -1.07. The maximum absolute atomic E-state index is 8.11. The molecule has 0 aromatic heterocycles. The lowest BCUT2D eigenvalue weighted by Gasteiger charge is -1.86. The summed E-state index contributed by atoms with van der Waals surface area (Å²) in [6.07, 6.45) is 0. The molecule has 0 bridgehead atoms. The number of aliphatic hydroxyl groups is 2. The number of hydrogen-bond acceptors (Lipinski definition) is 2. The van der Waals surface area contributed by atoms with E-state index in [0.717, 1.165) is 0 Å². The number of aliphatic hydroxyl groups excluding tert-OH is 1. The van der Waals surface area contributed by atoms with E-state index in [4.69, 9.17) is 10.2 Å². The highest BCUT2D eigenvalue weighted by atomic mass is 28.2. The predicted octanol–water partition coefficient (Wildman–Crippen LogP) is -1.49. The predicted molar refractivity (Wildman–Crippen MR) is 27.1 cm³/mol. The van der Waals surface area contributed by atoms with Crippen LogP contribution in [-0.4, -0.2) is 30.9 Å². The van der Waals surface area contributed by atoms with Gasteiger partial charge in [-0.25, -0.2) is 0 Å². The molecule has 0 rings (SSSR count). The summed E-state index contributed by atoms with van der Waals surface area (Å²) in [4.78, 5) is 0. The largest absolute Gasteiger partial charge is 0.369 e. The molecule has 0 heterocycles. The Morgan fingerprint density at radius 2 is 2.17 bits per heavy atom. The maximum atomic E-state index is 8.11. The van der Waals surface area contributed by atoms with Gasteiger partial charge in [-0.1, -0.05) is 6.92 Å². The van der Waals surface area contributed by atoms with Crippen molar-refractivity contribution in [3.8, 4) is 0 Å². The first-order valence-corrected chi connectivity index (χ1v) is 3.09. The van der Waals surface area contributed by atoms with Crippen LogP contribution >= 0.6 is 0 Å². The Kier molecular flexibility index (Phi) is 3.21. The first kappa shape index (κ1) is 6.01. The molecular formula is C3H8O2Si. The van der Waals surface area contributed by atoms with E-state index in [-0.39, 0.29) is 9.13 Å². The van der Waals surface area contributed by atoms with E-state index in [1.807, 2.05) is 6.92 Å². The van der Waals surface area contributed by atoms with Crippen molar-refractivity contribution in [2.75, 3.05) is 0 Å². The first-order chi connectivity index (χ1) is 2.77. The molecule has 0 amide bonds. The van der Waals surface area contributed by atoms with Crippen LogP contribution in [0.1, 0.15) is 6.92 Å². The van der Waals surface area contributed by atoms with E-state index >= 15 is 0 Å². The van der Waals surface area contributed by atoms with Crippen LogP contribution in [0, 0.1) is 0 Å². The summed E-state index contributed by atoms with van der Waals surface area (Å²) in [5.74, 6) is -1.07. The van der Waals surface area contributed by atoms with Crippen LogP contribution in [0.4, 0.5) is 0 Å². The SMILES string of the molecule is CC=[SiH]C(O)O. The first-order valence-electron chi connectivity index (χ1n) is 1.76. The summed E-state index contributed by atoms with van der Waals surface area (Å²) in [6.45, 7) is 1.81. The Hall–Kier alpha value is 0.00688. The molecule has 0 unspecified atom stereocenters. The second-order valence-electron chi connectivity index (χ2n) is 0.939. The average molecular weight is 104 g/mol. The van der Waals surface area contributed by atoms with E-state index < -0.39 is 5.91 Å². The molecule has 0 atom stereocenters. The molecule has 0 aliphatic carbocycles. The molecule has 2 nitrogen and oxygen atoms in total. The van der Waals surface area contributed by atoms with Crippen LogP contribution in [0.2, 0.25) is 0 Å². The molecule has 0 radical (unpaired) electrons. The summed E-state index contributed by atoms with van der Waals surface area (Å²) in [6, 6.07) is 0. The smallest absolute Gasteiger partial charge is 0.147 e. The molecule has 0 saturated heterocycles. The zero-order valence-electron chi connectivity index (χ0n) is 3.63. The molecule has 36 valence electrons. The molecule has 0 spiro atoms. The number of rotatable bonds is 1. The van der Waals surface area contributed by atoms with Gasteiger partial charge in [-0.05, 0) is 0 Å². The lowest BCUT2D eigenvalue weighted by atomic mass is 11.0. The Morgan fingerprint density at radius 3 is 2.17 bits per heavy atom. The van der Waals surface area contributed by atoms with E-state index in [0.29, 0.717) is 0 Å². The van der Waals surface area contributed by atoms with Gasteiger partial charge in [0.1, 0.15) is 5.91 Å². The fraction of sp³-hybridized carbons (Fsp3) is 0.667. The van der Waals surface area contributed by atoms with Crippen molar-refractivity contribution in [2.45, 2.75) is 12.8 Å². The fourth-order valence-corrected chi connectivity index (χ4v) is 0.516. The highest BCUT2D eigenvalue weighted by molar-refractivity contribution is 6.47. The van der Waals surface area contributed by atoms with Crippen LogP contribution in [0.3, 0.4) is 0 Å². The molecule has 0 saturated carbocycles. The van der Waals surface area contributed by atoms with Gasteiger partial charge in [-0.3, -0.25) is 0 Å². The lowest BCUT2D eigenvalue weighted by molar-refractivity contribution is 0.0318. The van der Waals surface area contributed by atoms with Gasteiger partial charge in [0.25, 0.3) is 0 Å². The lowest BCUT2D eigenvalue weighted by Crippen LogP contribution is -2.08. The summed E-state index contributed by atoms with van der Waals surface area (Å²) < 4.78 is 0. The van der Waals surface area contributed by atoms with Gasteiger partial charge in [-0.15, -0.1) is 5.67 Å². The van der Waals surface area contributed by atoms with Gasteiger partial charge in [0.15, 0.2) is 0 Å². The molecule has 2 N–H and O–H groups in total. The Labute approximate surface area is 38.9 Å². The van der Waals surface area contributed by atoms with Gasteiger partial charge in [-0.2, -0.15) is 0 Å². The molecule has 0 aromatic rings. The minimum Gasteiger partial charge on any atom is -0.369 e. The quantitative estimate of drug-likeness (QED) is 0.314. The van der Waals surface area contributed by atoms with Gasteiger partial charge in [0, 0.05) is 0 Å². The third kappa shape index (κ3) is 4.01. The Bertz CT molecular complexity index is 50.8. The molecule has 0 aliphatic rings. The van der Waals surface area contributed by atoms with Crippen LogP contribution in [0.25, 0.3) is 0 Å². The van der Waals surface area contributed by atoms with Crippen LogP contribution in [0.15, 0.2) is 0 Å². The summed E-state index contributed by atoms with van der Waals surface area (Å²) in [5, 5.41) is 16.2. The second kappa shape index (κ2) is 3.21. The molecule has 3 heteroatoms. The standard InChI is InChI=1S/C3H8O2Si/c1-2-6-3(4)5/h2-6H,1H3. The van der Waals surface area contributed by atoms with Crippen molar-refractivity contribution in [1.29, 1.82) is 0 Å². The summed E-state index contributed by atoms with van der Waals surface area (Å²) >= 11 is 0. The summed E-state index contributed by atoms with van der Waals surface area (Å²) in [5.41, 5.74) is 1.78. The van der Waals surface area contributed by atoms with E-state index in [1.54, 1.807) is 5.67 Å².